The Kier molecular flexibility index (Phi) is 7.11. The van der Waals surface area contributed by atoms with Crippen molar-refractivity contribution in [2.75, 3.05) is 6.54 Å². The highest BCUT2D eigenvalue weighted by Gasteiger charge is 2.18. The molecule has 34 heavy (non-hydrogen) atoms. The Labute approximate surface area is 196 Å². The van der Waals surface area contributed by atoms with Crippen LogP contribution < -0.4 is 10.5 Å². The quantitative estimate of drug-likeness (QED) is 0.356. The number of nitrogens with one attached hydrogen (secondary N) is 1. The molecule has 10 heteroatoms. The van der Waals surface area contributed by atoms with Gasteiger partial charge in [-0.2, -0.15) is 0 Å². The molecule has 0 aliphatic rings. The summed E-state index contributed by atoms with van der Waals surface area (Å²) in [7, 11) is -4.04. The second-order valence-corrected chi connectivity index (χ2v) is 9.29. The van der Waals surface area contributed by atoms with Gasteiger partial charge in [0.2, 0.25) is 10.0 Å². The van der Waals surface area contributed by atoms with Crippen LogP contribution in [0.25, 0.3) is 5.69 Å². The van der Waals surface area contributed by atoms with Gasteiger partial charge in [0.1, 0.15) is 23.1 Å². The maximum Gasteiger partial charge on any atom is 0.238 e. The van der Waals surface area contributed by atoms with Gasteiger partial charge in [-0.1, -0.05) is 42.5 Å². The zero-order chi connectivity index (χ0) is 24.1. The molecule has 0 bridgehead atoms. The van der Waals surface area contributed by atoms with Crippen molar-refractivity contribution in [3.63, 3.8) is 0 Å². The minimum atomic E-state index is -4.04. The number of nitrogens with two attached hydrogens (primary N) is 1. The number of hydrogen-bond donors (Lipinski definition) is 2. The van der Waals surface area contributed by atoms with Gasteiger partial charge < -0.3 is 5.32 Å². The average molecular weight is 484 g/mol. The molecule has 3 N–H and O–H groups in total. The highest BCUT2D eigenvalue weighted by atomic mass is 32.2. The van der Waals surface area contributed by atoms with Crippen LogP contribution in [-0.2, 0) is 29.4 Å². The second-order valence-electron chi connectivity index (χ2n) is 7.73. The van der Waals surface area contributed by atoms with E-state index in [-0.39, 0.29) is 16.4 Å². The van der Waals surface area contributed by atoms with E-state index >= 15 is 0 Å². The SMILES string of the molecule is NS(=O)(=O)c1ccc(-n2nc(CNCCc3cccc(F)c3)nc2Cc2ccccc2)c(F)c1. The van der Waals surface area contributed by atoms with Crippen molar-refractivity contribution >= 4 is 10.0 Å². The molecule has 4 aromatic rings. The van der Waals surface area contributed by atoms with Crippen LogP contribution in [0.1, 0.15) is 22.8 Å². The van der Waals surface area contributed by atoms with Gasteiger partial charge in [-0.25, -0.2) is 32.0 Å². The molecule has 1 heterocycles. The number of rotatable bonds is 9. The highest BCUT2D eigenvalue weighted by Crippen LogP contribution is 2.20. The largest absolute Gasteiger partial charge is 0.309 e. The van der Waals surface area contributed by atoms with Crippen LogP contribution >= 0.6 is 0 Å². The number of halogens is 2. The summed E-state index contributed by atoms with van der Waals surface area (Å²) in [4.78, 5) is 4.25. The van der Waals surface area contributed by atoms with E-state index in [4.69, 9.17) is 5.14 Å². The smallest absolute Gasteiger partial charge is 0.238 e. The van der Waals surface area contributed by atoms with Crippen LogP contribution in [0.15, 0.2) is 77.7 Å². The molecule has 0 atom stereocenters. The molecule has 0 aliphatic carbocycles. The Morgan fingerprint density at radius 2 is 1.71 bits per heavy atom. The Morgan fingerprint density at radius 1 is 0.941 bits per heavy atom. The van der Waals surface area contributed by atoms with E-state index in [1.807, 2.05) is 36.4 Å². The van der Waals surface area contributed by atoms with Crippen molar-refractivity contribution in [3.05, 3.63) is 107 Å². The molecule has 4 rings (SSSR count). The lowest BCUT2D eigenvalue weighted by molar-refractivity contribution is 0.586. The molecule has 0 saturated heterocycles. The van der Waals surface area contributed by atoms with Gasteiger partial charge in [0.15, 0.2) is 5.82 Å². The van der Waals surface area contributed by atoms with Crippen LogP contribution in [0.5, 0.6) is 0 Å². The van der Waals surface area contributed by atoms with Crippen LogP contribution in [0.4, 0.5) is 8.78 Å². The number of hydrogen-bond acceptors (Lipinski definition) is 5. The van der Waals surface area contributed by atoms with Crippen molar-refractivity contribution in [2.24, 2.45) is 5.14 Å². The molecular weight excluding hydrogens is 460 g/mol. The first-order chi connectivity index (χ1) is 16.3. The molecule has 176 valence electrons. The number of primary sulfonamides is 1. The third kappa shape index (κ3) is 5.90. The van der Waals surface area contributed by atoms with E-state index in [9.17, 15) is 17.2 Å². The molecule has 0 fully saturated rings. The summed E-state index contributed by atoms with van der Waals surface area (Å²) >= 11 is 0. The summed E-state index contributed by atoms with van der Waals surface area (Å²) in [5.41, 5.74) is 1.90. The van der Waals surface area contributed by atoms with Crippen molar-refractivity contribution in [2.45, 2.75) is 24.3 Å². The van der Waals surface area contributed by atoms with E-state index < -0.39 is 15.8 Å². The maximum absolute atomic E-state index is 14.9. The summed E-state index contributed by atoms with van der Waals surface area (Å²) in [5.74, 6) is -0.120. The summed E-state index contributed by atoms with van der Waals surface area (Å²) in [5, 5.41) is 12.8. The van der Waals surface area contributed by atoms with Crippen LogP contribution in [0.2, 0.25) is 0 Å². The third-order valence-corrected chi connectivity index (χ3v) is 6.07. The first-order valence-electron chi connectivity index (χ1n) is 10.6. The normalized spacial score (nSPS) is 11.6. The number of nitrogens with zero attached hydrogens (tertiary/aromatic N) is 3. The summed E-state index contributed by atoms with van der Waals surface area (Å²) < 4.78 is 52.7. The molecule has 1 aromatic heterocycles. The van der Waals surface area contributed by atoms with Crippen LogP contribution in [0, 0.1) is 11.6 Å². The first-order valence-corrected chi connectivity index (χ1v) is 12.1. The van der Waals surface area contributed by atoms with Gasteiger partial charge in [-0.05, 0) is 54.4 Å². The first kappa shape index (κ1) is 23.7. The fourth-order valence-corrected chi connectivity index (χ4v) is 4.04. The number of sulfonamides is 1. The van der Waals surface area contributed by atoms with Crippen LogP contribution in [-0.4, -0.2) is 29.7 Å². The monoisotopic (exact) mass is 483 g/mol. The van der Waals surface area contributed by atoms with Gasteiger partial charge in [0.05, 0.1) is 11.4 Å². The molecule has 7 nitrogen and oxygen atoms in total. The standard InChI is InChI=1S/C24H23F2N5O2S/c25-19-8-4-7-18(13-19)11-12-28-16-23-29-24(14-17-5-2-1-3-6-17)31(30-23)22-10-9-20(15-21(22)26)34(27,32)33/h1-10,13,15,28H,11-12,14,16H2,(H2,27,32,33). The lowest BCUT2D eigenvalue weighted by Crippen LogP contribution is -2.18. The second kappa shape index (κ2) is 10.2. The van der Waals surface area contributed by atoms with E-state index in [0.29, 0.717) is 37.6 Å². The average Bonchev–Trinajstić information content (AvgIpc) is 3.19. The van der Waals surface area contributed by atoms with Crippen molar-refractivity contribution in [3.8, 4) is 5.69 Å². The Hall–Kier alpha value is -3.47. The lowest BCUT2D eigenvalue weighted by atomic mass is 10.1. The van der Waals surface area contributed by atoms with Crippen molar-refractivity contribution in [1.82, 2.24) is 20.1 Å². The fourth-order valence-electron chi connectivity index (χ4n) is 3.51. The molecule has 3 aromatic carbocycles. The summed E-state index contributed by atoms with van der Waals surface area (Å²) in [6.45, 7) is 0.893. The zero-order valence-corrected chi connectivity index (χ0v) is 19.0. The lowest BCUT2D eigenvalue weighted by Gasteiger charge is -2.08. The summed E-state index contributed by atoms with van der Waals surface area (Å²) in [6, 6.07) is 19.4. The van der Waals surface area contributed by atoms with Crippen molar-refractivity contribution in [1.29, 1.82) is 0 Å². The molecule has 0 aliphatic heterocycles. The van der Waals surface area contributed by atoms with Gasteiger partial charge in [-0.3, -0.25) is 0 Å². The molecule has 0 unspecified atom stereocenters. The fraction of sp³-hybridized carbons (Fsp3) is 0.167. The maximum atomic E-state index is 14.9. The molecule has 0 saturated carbocycles. The molecule has 0 spiro atoms. The van der Waals surface area contributed by atoms with Gasteiger partial charge in [0.25, 0.3) is 0 Å². The van der Waals surface area contributed by atoms with E-state index in [1.54, 1.807) is 6.07 Å². The zero-order valence-electron chi connectivity index (χ0n) is 18.2. The van der Waals surface area contributed by atoms with Crippen LogP contribution in [0.3, 0.4) is 0 Å². The van der Waals surface area contributed by atoms with Crippen molar-refractivity contribution < 1.29 is 17.2 Å². The number of benzene rings is 3. The topological polar surface area (TPSA) is 103 Å². The third-order valence-electron chi connectivity index (χ3n) is 5.16. The molecule has 0 radical (unpaired) electrons. The van der Waals surface area contributed by atoms with Gasteiger partial charge in [-0.15, -0.1) is 5.10 Å². The summed E-state index contributed by atoms with van der Waals surface area (Å²) in [6.07, 6.45) is 1.02. The minimum Gasteiger partial charge on any atom is -0.309 e. The highest BCUT2D eigenvalue weighted by molar-refractivity contribution is 7.89. The molecule has 0 amide bonds. The minimum absolute atomic E-state index is 0.0665. The van der Waals surface area contributed by atoms with Gasteiger partial charge >= 0.3 is 0 Å². The van der Waals surface area contributed by atoms with E-state index in [0.717, 1.165) is 17.2 Å². The van der Waals surface area contributed by atoms with E-state index in [1.165, 1.54) is 28.9 Å². The van der Waals surface area contributed by atoms with Gasteiger partial charge in [0, 0.05) is 6.42 Å². The predicted molar refractivity (Wildman–Crippen MR) is 124 cm³/mol. The predicted octanol–water partition coefficient (Wildman–Crippen LogP) is 3.12. The Bertz CT molecular complexity index is 1390. The molecular formula is C24H23F2N5O2S. The Morgan fingerprint density at radius 3 is 2.41 bits per heavy atom. The number of aromatic nitrogens is 3. The van der Waals surface area contributed by atoms with E-state index in [2.05, 4.69) is 15.4 Å². The Balaban J connectivity index is 1.56.